The molecule has 0 saturated heterocycles. The molecule has 0 bridgehead atoms. The summed E-state index contributed by atoms with van der Waals surface area (Å²) >= 11 is 0. The number of aryl methyl sites for hydroxylation is 1. The molecule has 0 aliphatic carbocycles. The van der Waals surface area contributed by atoms with Crippen LogP contribution in [0.15, 0.2) is 34.9 Å². The van der Waals surface area contributed by atoms with Crippen LogP contribution >= 0.6 is 0 Å². The molecule has 2 aromatic heterocycles. The Labute approximate surface area is 162 Å². The quantitative estimate of drug-likeness (QED) is 0.700. The number of halogens is 3. The van der Waals surface area contributed by atoms with Crippen LogP contribution in [-0.4, -0.2) is 25.8 Å². The molecule has 2 heterocycles. The SMILES string of the molecule is CC(NC(=O)c1cc(C(F)(F)F)nn1C)c1nc(-c2cccc(CC#N)c2)no1. The number of carbonyl (C=O) groups excluding carboxylic acids is 1. The van der Waals surface area contributed by atoms with Crippen molar-refractivity contribution in [2.24, 2.45) is 7.05 Å². The normalized spacial score (nSPS) is 12.4. The van der Waals surface area contributed by atoms with Gasteiger partial charge in [-0.2, -0.15) is 28.5 Å². The van der Waals surface area contributed by atoms with Crippen LogP contribution in [0.1, 0.15) is 40.6 Å². The van der Waals surface area contributed by atoms with Crippen molar-refractivity contribution in [2.45, 2.75) is 25.6 Å². The minimum Gasteiger partial charge on any atom is -0.339 e. The third kappa shape index (κ3) is 4.43. The van der Waals surface area contributed by atoms with Crippen LogP contribution in [0.25, 0.3) is 11.4 Å². The first-order valence-corrected chi connectivity index (χ1v) is 8.41. The molecule has 0 aliphatic heterocycles. The van der Waals surface area contributed by atoms with Gasteiger partial charge in [0.05, 0.1) is 12.5 Å². The number of amides is 1. The van der Waals surface area contributed by atoms with Crippen LogP contribution in [0.3, 0.4) is 0 Å². The summed E-state index contributed by atoms with van der Waals surface area (Å²) in [7, 11) is 1.24. The summed E-state index contributed by atoms with van der Waals surface area (Å²) < 4.78 is 44.3. The minimum atomic E-state index is -4.65. The van der Waals surface area contributed by atoms with Gasteiger partial charge in [0.25, 0.3) is 5.91 Å². The van der Waals surface area contributed by atoms with Crippen molar-refractivity contribution in [3.63, 3.8) is 0 Å². The Kier molecular flexibility index (Phi) is 5.36. The topological polar surface area (TPSA) is 110 Å². The van der Waals surface area contributed by atoms with Gasteiger partial charge >= 0.3 is 6.18 Å². The smallest absolute Gasteiger partial charge is 0.339 e. The van der Waals surface area contributed by atoms with Crippen molar-refractivity contribution in [1.29, 1.82) is 5.26 Å². The Morgan fingerprint density at radius 2 is 2.14 bits per heavy atom. The van der Waals surface area contributed by atoms with Gasteiger partial charge in [0.2, 0.25) is 11.7 Å². The Morgan fingerprint density at radius 1 is 1.38 bits per heavy atom. The molecule has 1 N–H and O–H groups in total. The van der Waals surface area contributed by atoms with Crippen LogP contribution in [-0.2, 0) is 19.6 Å². The number of nitrogens with zero attached hydrogens (tertiary/aromatic N) is 5. The summed E-state index contributed by atoms with van der Waals surface area (Å²) in [5.74, 6) is -0.420. The van der Waals surface area contributed by atoms with Gasteiger partial charge in [-0.25, -0.2) is 0 Å². The zero-order chi connectivity index (χ0) is 21.2. The number of alkyl halides is 3. The lowest BCUT2D eigenvalue weighted by atomic mass is 10.1. The van der Waals surface area contributed by atoms with E-state index < -0.39 is 23.8 Å². The first-order chi connectivity index (χ1) is 13.7. The summed E-state index contributed by atoms with van der Waals surface area (Å²) in [6.45, 7) is 1.56. The highest BCUT2D eigenvalue weighted by Crippen LogP contribution is 2.28. The lowest BCUT2D eigenvalue weighted by Gasteiger charge is -2.09. The monoisotopic (exact) mass is 404 g/mol. The molecule has 150 valence electrons. The van der Waals surface area contributed by atoms with E-state index in [4.69, 9.17) is 9.78 Å². The largest absolute Gasteiger partial charge is 0.435 e. The molecular formula is C18H15F3N6O2. The highest BCUT2D eigenvalue weighted by Gasteiger charge is 2.35. The van der Waals surface area contributed by atoms with E-state index in [9.17, 15) is 18.0 Å². The van der Waals surface area contributed by atoms with E-state index in [1.165, 1.54) is 7.05 Å². The van der Waals surface area contributed by atoms with Crippen molar-refractivity contribution in [3.8, 4) is 17.5 Å². The van der Waals surface area contributed by atoms with E-state index in [-0.39, 0.29) is 23.8 Å². The first kappa shape index (κ1) is 20.1. The molecule has 1 atom stereocenters. The van der Waals surface area contributed by atoms with Crippen LogP contribution in [0, 0.1) is 11.3 Å². The summed E-state index contributed by atoms with van der Waals surface area (Å²) in [6, 6.07) is 9.00. The molecular weight excluding hydrogens is 389 g/mol. The molecule has 8 nitrogen and oxygen atoms in total. The van der Waals surface area contributed by atoms with Crippen molar-refractivity contribution in [3.05, 3.63) is 53.2 Å². The van der Waals surface area contributed by atoms with E-state index in [1.54, 1.807) is 31.2 Å². The fourth-order valence-electron chi connectivity index (χ4n) is 2.59. The van der Waals surface area contributed by atoms with E-state index in [0.717, 1.165) is 10.2 Å². The standard InChI is InChI=1S/C18H15F3N6O2/c1-10(23-16(28)13-9-14(18(19,20)21)25-27(13)2)17-24-15(26-29-17)12-5-3-4-11(8-12)6-7-22/h3-5,8-10H,6H2,1-2H3,(H,23,28). The van der Waals surface area contributed by atoms with Gasteiger partial charge in [-0.15, -0.1) is 0 Å². The lowest BCUT2D eigenvalue weighted by Crippen LogP contribution is -2.28. The summed E-state index contributed by atoms with van der Waals surface area (Å²) in [6.07, 6.45) is -4.42. The molecule has 0 aliphatic rings. The number of benzene rings is 1. The summed E-state index contributed by atoms with van der Waals surface area (Å²) in [4.78, 5) is 16.5. The second-order valence-electron chi connectivity index (χ2n) is 6.22. The van der Waals surface area contributed by atoms with Crippen LogP contribution in [0.4, 0.5) is 13.2 Å². The third-order valence-corrected chi connectivity index (χ3v) is 4.03. The Hall–Kier alpha value is -3.68. The number of hydrogen-bond acceptors (Lipinski definition) is 6. The van der Waals surface area contributed by atoms with Gasteiger partial charge in [0.15, 0.2) is 5.69 Å². The molecule has 3 rings (SSSR count). The molecule has 1 unspecified atom stereocenters. The Balaban J connectivity index is 1.75. The van der Waals surface area contributed by atoms with Gasteiger partial charge in [0, 0.05) is 18.7 Å². The van der Waals surface area contributed by atoms with Crippen molar-refractivity contribution >= 4 is 5.91 Å². The van der Waals surface area contributed by atoms with E-state index in [1.807, 2.05) is 6.07 Å². The second-order valence-corrected chi connectivity index (χ2v) is 6.22. The molecule has 29 heavy (non-hydrogen) atoms. The Bertz CT molecular complexity index is 1080. The van der Waals surface area contributed by atoms with Gasteiger partial charge in [-0.05, 0) is 18.6 Å². The highest BCUT2D eigenvalue weighted by molar-refractivity contribution is 5.92. The third-order valence-electron chi connectivity index (χ3n) is 4.03. The Morgan fingerprint density at radius 3 is 2.79 bits per heavy atom. The molecule has 0 radical (unpaired) electrons. The first-order valence-electron chi connectivity index (χ1n) is 8.41. The summed E-state index contributed by atoms with van der Waals surface area (Å²) in [5.41, 5.74) is 0.00496. The van der Waals surface area contributed by atoms with Gasteiger partial charge in [-0.3, -0.25) is 9.48 Å². The van der Waals surface area contributed by atoms with E-state index in [2.05, 4.69) is 20.6 Å². The van der Waals surface area contributed by atoms with Gasteiger partial charge in [0.1, 0.15) is 11.7 Å². The number of carbonyl (C=O) groups is 1. The fraction of sp³-hybridized carbons (Fsp3) is 0.278. The molecule has 3 aromatic rings. The van der Waals surface area contributed by atoms with E-state index in [0.29, 0.717) is 11.6 Å². The number of hydrogen-bond donors (Lipinski definition) is 1. The number of nitriles is 1. The molecule has 0 spiro atoms. The lowest BCUT2D eigenvalue weighted by molar-refractivity contribution is -0.141. The average Bonchev–Trinajstić information content (AvgIpc) is 3.29. The summed E-state index contributed by atoms with van der Waals surface area (Å²) in [5, 5.41) is 18.5. The molecule has 11 heteroatoms. The zero-order valence-electron chi connectivity index (χ0n) is 15.4. The van der Waals surface area contributed by atoms with E-state index >= 15 is 0 Å². The predicted octanol–water partition coefficient (Wildman–Crippen LogP) is 3.05. The van der Waals surface area contributed by atoms with Crippen molar-refractivity contribution in [1.82, 2.24) is 25.2 Å². The maximum absolute atomic E-state index is 12.8. The number of rotatable bonds is 5. The molecule has 0 saturated carbocycles. The minimum absolute atomic E-state index is 0.0808. The van der Waals surface area contributed by atoms with Crippen molar-refractivity contribution < 1.29 is 22.5 Å². The highest BCUT2D eigenvalue weighted by atomic mass is 19.4. The fourth-order valence-corrected chi connectivity index (χ4v) is 2.59. The van der Waals surface area contributed by atoms with Crippen LogP contribution in [0.5, 0.6) is 0 Å². The zero-order valence-corrected chi connectivity index (χ0v) is 15.4. The van der Waals surface area contributed by atoms with Crippen molar-refractivity contribution in [2.75, 3.05) is 0 Å². The van der Waals surface area contributed by atoms with Crippen LogP contribution < -0.4 is 5.32 Å². The number of nitrogens with one attached hydrogen (secondary N) is 1. The van der Waals surface area contributed by atoms with Crippen LogP contribution in [0.2, 0.25) is 0 Å². The van der Waals surface area contributed by atoms with Gasteiger partial charge in [-0.1, -0.05) is 23.4 Å². The molecule has 0 fully saturated rings. The second kappa shape index (κ2) is 7.75. The van der Waals surface area contributed by atoms with Gasteiger partial charge < -0.3 is 9.84 Å². The maximum Gasteiger partial charge on any atom is 0.435 e. The maximum atomic E-state index is 12.8. The number of aromatic nitrogens is 4. The molecule has 1 amide bonds. The predicted molar refractivity (Wildman–Crippen MR) is 93.1 cm³/mol. The molecule has 1 aromatic carbocycles. The average molecular weight is 404 g/mol.